The van der Waals surface area contributed by atoms with Crippen molar-refractivity contribution in [2.75, 3.05) is 0 Å². The highest BCUT2D eigenvalue weighted by atomic mass is 16.3. The Kier molecular flexibility index (Phi) is 1.37. The van der Waals surface area contributed by atoms with Crippen molar-refractivity contribution in [3.8, 4) is 11.8 Å². The van der Waals surface area contributed by atoms with Gasteiger partial charge in [-0.05, 0) is 12.1 Å². The number of nitriles is 1. The highest BCUT2D eigenvalue weighted by Gasteiger charge is 1.89. The van der Waals surface area contributed by atoms with Crippen LogP contribution in [0.1, 0.15) is 5.56 Å². The summed E-state index contributed by atoms with van der Waals surface area (Å²) in [6.45, 7) is 0. The van der Waals surface area contributed by atoms with Gasteiger partial charge in [-0.2, -0.15) is 5.26 Å². The lowest BCUT2D eigenvalue weighted by Gasteiger charge is -1.86. The highest BCUT2D eigenvalue weighted by molar-refractivity contribution is 5.33. The minimum Gasteiger partial charge on any atom is -0.507 e. The van der Waals surface area contributed by atoms with Crippen LogP contribution in [0.3, 0.4) is 0 Å². The highest BCUT2D eigenvalue weighted by Crippen LogP contribution is 2.07. The molecule has 1 aromatic rings. The zero-order valence-electron chi connectivity index (χ0n) is 4.63. The van der Waals surface area contributed by atoms with E-state index in [-0.39, 0.29) is 5.75 Å². The first-order valence-corrected chi connectivity index (χ1v) is 2.44. The van der Waals surface area contributed by atoms with Crippen molar-refractivity contribution in [3.05, 3.63) is 29.8 Å². The molecule has 43 valence electrons. The molecular formula is C7H4NO. The minimum atomic E-state index is 0.00838. The summed E-state index contributed by atoms with van der Waals surface area (Å²) in [4.78, 5) is 0. The summed E-state index contributed by atoms with van der Waals surface area (Å²) in [5, 5.41) is 17.0. The molecule has 1 aromatic carbocycles. The second-order valence-electron chi connectivity index (χ2n) is 1.56. The molecule has 0 bridgehead atoms. The van der Waals surface area contributed by atoms with Gasteiger partial charge in [-0.15, -0.1) is 0 Å². The van der Waals surface area contributed by atoms with Crippen LogP contribution in [0.5, 0.6) is 5.75 Å². The maximum atomic E-state index is 8.74. The van der Waals surface area contributed by atoms with Gasteiger partial charge in [-0.1, -0.05) is 6.07 Å². The quantitative estimate of drug-likeness (QED) is 0.553. The molecule has 2 nitrogen and oxygen atoms in total. The number of benzene rings is 1. The van der Waals surface area contributed by atoms with Gasteiger partial charge < -0.3 is 5.11 Å². The second-order valence-corrected chi connectivity index (χ2v) is 1.56. The Morgan fingerprint density at radius 2 is 2.33 bits per heavy atom. The van der Waals surface area contributed by atoms with Crippen molar-refractivity contribution in [1.29, 1.82) is 5.26 Å². The third kappa shape index (κ3) is 1.20. The Bertz CT molecular complexity index is 249. The Hall–Kier alpha value is -1.49. The average molecular weight is 118 g/mol. The summed E-state index contributed by atoms with van der Waals surface area (Å²) in [6.07, 6.45) is 0. The van der Waals surface area contributed by atoms with Gasteiger partial charge in [-0.3, -0.25) is 0 Å². The van der Waals surface area contributed by atoms with E-state index in [0.717, 1.165) is 0 Å². The predicted octanol–water partition coefficient (Wildman–Crippen LogP) is 1.06. The molecule has 0 unspecified atom stereocenters. The molecule has 0 fully saturated rings. The minimum absolute atomic E-state index is 0.00838. The zero-order chi connectivity index (χ0) is 6.69. The number of rotatable bonds is 0. The van der Waals surface area contributed by atoms with Gasteiger partial charge in [-0.25, -0.2) is 0 Å². The Morgan fingerprint density at radius 1 is 1.56 bits per heavy atom. The number of phenols is 1. The molecule has 0 spiro atoms. The van der Waals surface area contributed by atoms with Crippen LogP contribution >= 0.6 is 0 Å². The molecule has 0 heterocycles. The molecule has 0 aromatic heterocycles. The number of aromatic hydroxyl groups is 1. The van der Waals surface area contributed by atoms with Crippen molar-refractivity contribution >= 4 is 0 Å². The lowest BCUT2D eigenvalue weighted by Crippen LogP contribution is -1.70. The van der Waals surface area contributed by atoms with Gasteiger partial charge in [0.25, 0.3) is 0 Å². The van der Waals surface area contributed by atoms with Crippen LogP contribution in [0.15, 0.2) is 18.2 Å². The molecule has 9 heavy (non-hydrogen) atoms. The summed E-state index contributed by atoms with van der Waals surface area (Å²) in [6, 6.07) is 8.96. The third-order valence-corrected chi connectivity index (χ3v) is 0.900. The molecular weight excluding hydrogens is 114 g/mol. The maximum Gasteiger partial charge on any atom is 0.124 e. The molecule has 0 atom stereocenters. The van der Waals surface area contributed by atoms with Crippen LogP contribution in [0.25, 0.3) is 0 Å². The Morgan fingerprint density at radius 3 is 2.78 bits per heavy atom. The summed E-state index contributed by atoms with van der Waals surface area (Å²) < 4.78 is 0. The van der Waals surface area contributed by atoms with E-state index in [9.17, 15) is 0 Å². The van der Waals surface area contributed by atoms with Gasteiger partial charge in [0.15, 0.2) is 0 Å². The van der Waals surface area contributed by atoms with Crippen molar-refractivity contribution in [2.45, 2.75) is 0 Å². The molecule has 2 heteroatoms. The SMILES string of the molecule is N#Cc1[c]c(O)ccc1. The smallest absolute Gasteiger partial charge is 0.124 e. The molecule has 0 aliphatic heterocycles. The summed E-state index contributed by atoms with van der Waals surface area (Å²) in [5.74, 6) is 0.00838. The standard InChI is InChI=1S/C7H4NO/c8-5-6-2-1-3-7(9)4-6/h1-3,9H. The van der Waals surface area contributed by atoms with E-state index >= 15 is 0 Å². The fourth-order valence-electron chi connectivity index (χ4n) is 0.522. The van der Waals surface area contributed by atoms with Gasteiger partial charge in [0, 0.05) is 6.07 Å². The van der Waals surface area contributed by atoms with E-state index in [4.69, 9.17) is 10.4 Å². The summed E-state index contributed by atoms with van der Waals surface area (Å²) in [5.41, 5.74) is 0.356. The lowest BCUT2D eigenvalue weighted by molar-refractivity contribution is 0.474. The topological polar surface area (TPSA) is 44.0 Å². The molecule has 0 aliphatic carbocycles. The molecule has 0 aliphatic rings. The monoisotopic (exact) mass is 118 g/mol. The van der Waals surface area contributed by atoms with Gasteiger partial charge in [0.2, 0.25) is 0 Å². The first-order valence-electron chi connectivity index (χ1n) is 2.44. The predicted molar refractivity (Wildman–Crippen MR) is 31.7 cm³/mol. The molecule has 0 saturated carbocycles. The molecule has 0 amide bonds. The normalized spacial score (nSPS) is 8.33. The van der Waals surface area contributed by atoms with Crippen LogP contribution in [-0.2, 0) is 0 Å². The fourth-order valence-corrected chi connectivity index (χ4v) is 0.522. The second kappa shape index (κ2) is 2.19. The van der Waals surface area contributed by atoms with Gasteiger partial charge in [0.05, 0.1) is 11.6 Å². The van der Waals surface area contributed by atoms with Crippen molar-refractivity contribution in [2.24, 2.45) is 0 Å². The first kappa shape index (κ1) is 5.64. The van der Waals surface area contributed by atoms with Gasteiger partial charge in [0.1, 0.15) is 5.75 Å². The third-order valence-electron chi connectivity index (χ3n) is 0.900. The summed E-state index contributed by atoms with van der Waals surface area (Å²) >= 11 is 0. The maximum absolute atomic E-state index is 8.74. The summed E-state index contributed by atoms with van der Waals surface area (Å²) in [7, 11) is 0. The van der Waals surface area contributed by atoms with Crippen LogP contribution < -0.4 is 0 Å². The van der Waals surface area contributed by atoms with Crippen LogP contribution in [0.4, 0.5) is 0 Å². The first-order chi connectivity index (χ1) is 4.33. The van der Waals surface area contributed by atoms with Crippen molar-refractivity contribution in [1.82, 2.24) is 0 Å². The van der Waals surface area contributed by atoms with Crippen molar-refractivity contribution in [3.63, 3.8) is 0 Å². The largest absolute Gasteiger partial charge is 0.507 e. The molecule has 0 saturated heterocycles. The van der Waals surface area contributed by atoms with E-state index in [1.807, 2.05) is 6.07 Å². The Labute approximate surface area is 53.0 Å². The van der Waals surface area contributed by atoms with E-state index in [0.29, 0.717) is 5.56 Å². The molecule has 1 N–H and O–H groups in total. The number of phenolic OH excluding ortho intramolecular Hbond substituents is 1. The van der Waals surface area contributed by atoms with E-state index in [1.54, 1.807) is 12.1 Å². The molecule has 1 rings (SSSR count). The van der Waals surface area contributed by atoms with E-state index < -0.39 is 0 Å². The van der Waals surface area contributed by atoms with Crippen LogP contribution in [0.2, 0.25) is 0 Å². The Balaban J connectivity index is 3.12. The number of nitrogens with zero attached hydrogens (tertiary/aromatic N) is 1. The molecule has 1 radical (unpaired) electrons. The van der Waals surface area contributed by atoms with Crippen LogP contribution in [0, 0.1) is 17.4 Å². The average Bonchev–Trinajstić information content (AvgIpc) is 1.88. The zero-order valence-corrected chi connectivity index (χ0v) is 4.63. The van der Waals surface area contributed by atoms with Crippen LogP contribution in [-0.4, -0.2) is 5.11 Å². The number of hydrogen-bond donors (Lipinski definition) is 1. The van der Waals surface area contributed by atoms with E-state index in [2.05, 4.69) is 6.07 Å². The fraction of sp³-hybridized carbons (Fsp3) is 0. The lowest BCUT2D eigenvalue weighted by atomic mass is 10.2. The number of hydrogen-bond acceptors (Lipinski definition) is 2. The van der Waals surface area contributed by atoms with Crippen molar-refractivity contribution < 1.29 is 5.11 Å². The van der Waals surface area contributed by atoms with E-state index in [1.165, 1.54) is 6.07 Å². The van der Waals surface area contributed by atoms with Gasteiger partial charge >= 0.3 is 0 Å².